The van der Waals surface area contributed by atoms with E-state index in [0.29, 0.717) is 10.3 Å². The van der Waals surface area contributed by atoms with Crippen LogP contribution in [-0.2, 0) is 9.59 Å². The monoisotopic (exact) mass is 296 g/mol. The summed E-state index contributed by atoms with van der Waals surface area (Å²) in [6, 6.07) is 0. The minimum atomic E-state index is -0.155. The van der Waals surface area contributed by atoms with Crippen LogP contribution >= 0.6 is 22.7 Å². The van der Waals surface area contributed by atoms with Gasteiger partial charge in [0.05, 0.1) is 16.3 Å². The largest absolute Gasteiger partial charge is 0.302 e. The van der Waals surface area contributed by atoms with Crippen molar-refractivity contribution in [2.24, 2.45) is 0 Å². The van der Waals surface area contributed by atoms with Crippen molar-refractivity contribution in [2.75, 3.05) is 10.6 Å². The number of aryl methyl sites for hydroxylation is 1. The van der Waals surface area contributed by atoms with Gasteiger partial charge in [0.25, 0.3) is 0 Å². The van der Waals surface area contributed by atoms with Gasteiger partial charge in [0, 0.05) is 19.2 Å². The maximum atomic E-state index is 11.0. The number of nitrogens with zero attached hydrogens (tertiary/aromatic N) is 2. The van der Waals surface area contributed by atoms with Crippen molar-refractivity contribution >= 4 is 44.8 Å². The van der Waals surface area contributed by atoms with Crippen molar-refractivity contribution < 1.29 is 9.59 Å². The highest BCUT2D eigenvalue weighted by atomic mass is 32.1. The molecule has 0 aromatic carbocycles. The molecule has 6 nitrogen and oxygen atoms in total. The molecule has 2 heterocycles. The number of nitrogens with one attached hydrogen (secondary N) is 2. The average Bonchev–Trinajstić information content (AvgIpc) is 2.83. The van der Waals surface area contributed by atoms with Crippen molar-refractivity contribution in [3.63, 3.8) is 0 Å². The van der Waals surface area contributed by atoms with Crippen LogP contribution in [-0.4, -0.2) is 21.8 Å². The molecule has 0 atom stereocenters. The number of carbonyl (C=O) groups excluding carboxylic acids is 2. The van der Waals surface area contributed by atoms with Crippen molar-refractivity contribution in [2.45, 2.75) is 20.8 Å². The van der Waals surface area contributed by atoms with Crippen LogP contribution < -0.4 is 10.6 Å². The first-order valence-corrected chi connectivity index (χ1v) is 7.14. The number of hydrogen-bond acceptors (Lipinski definition) is 6. The Hall–Kier alpha value is -1.80. The van der Waals surface area contributed by atoms with Gasteiger partial charge in [0.1, 0.15) is 0 Å². The van der Waals surface area contributed by atoms with Crippen molar-refractivity contribution in [1.29, 1.82) is 0 Å². The van der Waals surface area contributed by atoms with Gasteiger partial charge in [-0.15, -0.1) is 11.3 Å². The normalized spacial score (nSPS) is 10.3. The number of hydrogen-bond donors (Lipinski definition) is 2. The second-order valence-corrected chi connectivity index (χ2v) is 5.69. The van der Waals surface area contributed by atoms with Crippen molar-refractivity contribution in [1.82, 2.24) is 9.97 Å². The van der Waals surface area contributed by atoms with Gasteiger partial charge >= 0.3 is 0 Å². The first-order valence-electron chi connectivity index (χ1n) is 5.44. The summed E-state index contributed by atoms with van der Waals surface area (Å²) in [6.07, 6.45) is 0. The smallest absolute Gasteiger partial charge is 0.223 e. The molecular weight excluding hydrogens is 284 g/mol. The molecule has 0 spiro atoms. The molecule has 0 radical (unpaired) electrons. The molecule has 0 aliphatic rings. The molecule has 8 heteroatoms. The Morgan fingerprint density at radius 1 is 1.11 bits per heavy atom. The number of anilines is 2. The fourth-order valence-electron chi connectivity index (χ4n) is 1.42. The second-order valence-electron chi connectivity index (χ2n) is 3.83. The first kappa shape index (κ1) is 13.6. The number of carbonyl (C=O) groups is 2. The SMILES string of the molecule is CC(=O)Nc1nc(-c2sc(NC(C)=O)nc2C)cs1. The number of aromatic nitrogens is 2. The summed E-state index contributed by atoms with van der Waals surface area (Å²) in [4.78, 5) is 31.4. The summed E-state index contributed by atoms with van der Waals surface area (Å²) in [7, 11) is 0. The van der Waals surface area contributed by atoms with Crippen molar-refractivity contribution in [3.8, 4) is 10.6 Å². The van der Waals surface area contributed by atoms with E-state index in [1.54, 1.807) is 0 Å². The van der Waals surface area contributed by atoms with Gasteiger partial charge in [-0.25, -0.2) is 9.97 Å². The van der Waals surface area contributed by atoms with Gasteiger partial charge in [0.15, 0.2) is 10.3 Å². The lowest BCUT2D eigenvalue weighted by Gasteiger charge is -1.94. The van der Waals surface area contributed by atoms with Crippen LogP contribution in [0.4, 0.5) is 10.3 Å². The van der Waals surface area contributed by atoms with Gasteiger partial charge in [-0.2, -0.15) is 0 Å². The fraction of sp³-hybridized carbons (Fsp3) is 0.273. The Bertz CT molecular complexity index is 632. The number of rotatable bonds is 3. The number of amides is 2. The van der Waals surface area contributed by atoms with Gasteiger partial charge < -0.3 is 10.6 Å². The van der Waals surface area contributed by atoms with E-state index in [1.165, 1.54) is 36.5 Å². The molecule has 19 heavy (non-hydrogen) atoms. The molecule has 2 aromatic rings. The predicted molar refractivity (Wildman–Crippen MR) is 76.6 cm³/mol. The third-order valence-corrected chi connectivity index (χ3v) is 3.95. The van der Waals surface area contributed by atoms with E-state index in [0.717, 1.165) is 16.3 Å². The third-order valence-electron chi connectivity index (χ3n) is 2.10. The van der Waals surface area contributed by atoms with Crippen LogP contribution in [0.5, 0.6) is 0 Å². The summed E-state index contributed by atoms with van der Waals surface area (Å²) < 4.78 is 0. The van der Waals surface area contributed by atoms with E-state index < -0.39 is 0 Å². The molecule has 0 fully saturated rings. The molecule has 2 aromatic heterocycles. The fourth-order valence-corrected chi connectivity index (χ4v) is 3.22. The summed E-state index contributed by atoms with van der Waals surface area (Å²) in [6.45, 7) is 4.73. The molecule has 0 aliphatic carbocycles. The van der Waals surface area contributed by atoms with E-state index >= 15 is 0 Å². The lowest BCUT2D eigenvalue weighted by molar-refractivity contribution is -0.115. The highest BCUT2D eigenvalue weighted by Crippen LogP contribution is 2.34. The van der Waals surface area contributed by atoms with E-state index in [4.69, 9.17) is 0 Å². The van der Waals surface area contributed by atoms with E-state index in [9.17, 15) is 9.59 Å². The molecule has 100 valence electrons. The Labute approximate surface area is 117 Å². The molecular formula is C11H12N4O2S2. The molecule has 2 amide bonds. The zero-order valence-corrected chi connectivity index (χ0v) is 12.2. The topological polar surface area (TPSA) is 84.0 Å². The lowest BCUT2D eigenvalue weighted by Crippen LogP contribution is -2.04. The summed E-state index contributed by atoms with van der Waals surface area (Å²) in [5, 5.41) is 8.24. The Balaban J connectivity index is 2.26. The van der Waals surface area contributed by atoms with Crippen LogP contribution in [0.25, 0.3) is 10.6 Å². The van der Waals surface area contributed by atoms with E-state index in [1.807, 2.05) is 12.3 Å². The minimum absolute atomic E-state index is 0.152. The highest BCUT2D eigenvalue weighted by Gasteiger charge is 2.14. The molecule has 2 N–H and O–H groups in total. The Morgan fingerprint density at radius 3 is 2.37 bits per heavy atom. The summed E-state index contributed by atoms with van der Waals surface area (Å²) >= 11 is 2.71. The van der Waals surface area contributed by atoms with E-state index in [2.05, 4.69) is 20.6 Å². The molecule has 0 aliphatic heterocycles. The maximum Gasteiger partial charge on any atom is 0.223 e. The zero-order chi connectivity index (χ0) is 14.0. The second kappa shape index (κ2) is 5.45. The first-order chi connectivity index (χ1) is 8.95. The Morgan fingerprint density at radius 2 is 1.74 bits per heavy atom. The summed E-state index contributed by atoms with van der Waals surface area (Å²) in [5.74, 6) is -0.307. The highest BCUT2D eigenvalue weighted by molar-refractivity contribution is 7.20. The van der Waals surface area contributed by atoms with Gasteiger partial charge in [-0.05, 0) is 6.92 Å². The van der Waals surface area contributed by atoms with Crippen molar-refractivity contribution in [3.05, 3.63) is 11.1 Å². The third kappa shape index (κ3) is 3.36. The molecule has 2 rings (SSSR count). The van der Waals surface area contributed by atoms with Crippen LogP contribution in [0.2, 0.25) is 0 Å². The van der Waals surface area contributed by atoms with Crippen LogP contribution in [0.1, 0.15) is 19.5 Å². The molecule has 0 bridgehead atoms. The van der Waals surface area contributed by atoms with Crippen LogP contribution in [0, 0.1) is 6.92 Å². The number of thiazole rings is 2. The van der Waals surface area contributed by atoms with E-state index in [-0.39, 0.29) is 11.8 Å². The quantitative estimate of drug-likeness (QED) is 0.911. The maximum absolute atomic E-state index is 11.0. The van der Waals surface area contributed by atoms with Gasteiger partial charge in [-0.3, -0.25) is 9.59 Å². The lowest BCUT2D eigenvalue weighted by atomic mass is 10.3. The van der Waals surface area contributed by atoms with Crippen LogP contribution in [0.3, 0.4) is 0 Å². The average molecular weight is 296 g/mol. The van der Waals surface area contributed by atoms with Crippen LogP contribution in [0.15, 0.2) is 5.38 Å². The molecule has 0 unspecified atom stereocenters. The predicted octanol–water partition coefficient (Wildman–Crippen LogP) is 2.49. The molecule has 0 saturated carbocycles. The van der Waals surface area contributed by atoms with Gasteiger partial charge in [-0.1, -0.05) is 11.3 Å². The summed E-state index contributed by atoms with van der Waals surface area (Å²) in [5.41, 5.74) is 1.55. The van der Waals surface area contributed by atoms with Gasteiger partial charge in [0.2, 0.25) is 11.8 Å². The zero-order valence-electron chi connectivity index (χ0n) is 10.6. The standard InChI is InChI=1S/C11H12N4O2S2/c1-5-9(19-11(12-5)14-7(3)17)8-4-18-10(15-8)13-6(2)16/h4H,1-3H3,(H,12,14,17)(H,13,15,16). The minimum Gasteiger partial charge on any atom is -0.302 e. The Kier molecular flexibility index (Phi) is 3.91. The molecule has 0 saturated heterocycles.